The first-order valence-electron chi connectivity index (χ1n) is 9.95. The topological polar surface area (TPSA) is 98.1 Å². The molecule has 0 aliphatic heterocycles. The number of carbonyl (C=O) groups excluding carboxylic acids is 2. The van der Waals surface area contributed by atoms with Gasteiger partial charge in [-0.25, -0.2) is 0 Å². The Kier molecular flexibility index (Phi) is 7.66. The molecule has 0 spiro atoms. The van der Waals surface area contributed by atoms with Crippen molar-refractivity contribution in [2.45, 2.75) is 25.4 Å². The summed E-state index contributed by atoms with van der Waals surface area (Å²) in [6.45, 7) is 4.32. The molecule has 0 saturated heterocycles. The van der Waals surface area contributed by atoms with Crippen LogP contribution in [0.2, 0.25) is 0 Å². The Morgan fingerprint density at radius 2 is 1.74 bits per heavy atom. The molecule has 2 aromatic carbocycles. The van der Waals surface area contributed by atoms with E-state index in [1.165, 1.54) is 11.8 Å². The van der Waals surface area contributed by atoms with Gasteiger partial charge in [0.05, 0.1) is 12.4 Å². The predicted octanol–water partition coefficient (Wildman–Crippen LogP) is 3.96. The largest absolute Gasteiger partial charge is 0.494 e. The Hall–Kier alpha value is -3.33. The van der Waals surface area contributed by atoms with Crippen LogP contribution >= 0.6 is 11.8 Å². The van der Waals surface area contributed by atoms with Crippen molar-refractivity contribution < 1.29 is 14.3 Å². The molecule has 8 nitrogen and oxygen atoms in total. The van der Waals surface area contributed by atoms with Crippen LogP contribution in [-0.2, 0) is 16.6 Å². The molecule has 9 heteroatoms. The van der Waals surface area contributed by atoms with Gasteiger partial charge in [0.15, 0.2) is 11.0 Å². The summed E-state index contributed by atoms with van der Waals surface area (Å²) in [7, 11) is 1.85. The summed E-state index contributed by atoms with van der Waals surface area (Å²) >= 11 is 1.30. The molecular weight excluding hydrogens is 414 g/mol. The third-order valence-electron chi connectivity index (χ3n) is 4.34. The number of thioether (sulfide) groups is 1. The average Bonchev–Trinajstić information content (AvgIpc) is 3.14. The Bertz CT molecular complexity index is 1050. The Balaban J connectivity index is 1.61. The van der Waals surface area contributed by atoms with E-state index >= 15 is 0 Å². The summed E-state index contributed by atoms with van der Waals surface area (Å²) in [5.41, 5.74) is 2.24. The number of carbonyl (C=O) groups is 2. The molecule has 0 unspecified atom stereocenters. The Morgan fingerprint density at radius 1 is 1.00 bits per heavy atom. The molecule has 0 radical (unpaired) electrons. The van der Waals surface area contributed by atoms with E-state index in [0.717, 1.165) is 11.3 Å². The average molecular weight is 440 g/mol. The second-order valence-electron chi connectivity index (χ2n) is 6.64. The molecule has 0 atom stereocenters. The molecule has 162 valence electrons. The zero-order chi connectivity index (χ0) is 22.2. The summed E-state index contributed by atoms with van der Waals surface area (Å²) < 4.78 is 7.23. The number of hydrogen-bond donors (Lipinski definition) is 2. The molecule has 1 aromatic heterocycles. The lowest BCUT2D eigenvalue weighted by molar-refractivity contribution is -0.116. The minimum absolute atomic E-state index is 0.0510. The third kappa shape index (κ3) is 6.08. The van der Waals surface area contributed by atoms with Gasteiger partial charge in [-0.3, -0.25) is 9.59 Å². The van der Waals surface area contributed by atoms with Crippen LogP contribution in [0.4, 0.5) is 11.4 Å². The molecule has 0 aliphatic carbocycles. The standard InChI is InChI=1S/C22H25N5O3S/c1-4-19(28)24-17-8-6-7-15(13-17)21-25-26-22(27(21)3)31-14-20(29)23-16-9-11-18(12-10-16)30-5-2/h6-13H,4-5,14H2,1-3H3,(H,23,29)(H,24,28). The van der Waals surface area contributed by atoms with E-state index in [2.05, 4.69) is 20.8 Å². The van der Waals surface area contributed by atoms with E-state index in [9.17, 15) is 9.59 Å². The van der Waals surface area contributed by atoms with Gasteiger partial charge in [0, 0.05) is 30.4 Å². The normalized spacial score (nSPS) is 10.5. The number of benzene rings is 2. The highest BCUT2D eigenvalue weighted by atomic mass is 32.2. The van der Waals surface area contributed by atoms with Crippen LogP contribution in [0.3, 0.4) is 0 Å². The molecule has 3 aromatic rings. The molecule has 31 heavy (non-hydrogen) atoms. The van der Waals surface area contributed by atoms with Crippen LogP contribution < -0.4 is 15.4 Å². The monoisotopic (exact) mass is 439 g/mol. The van der Waals surface area contributed by atoms with Crippen molar-refractivity contribution in [3.05, 3.63) is 48.5 Å². The van der Waals surface area contributed by atoms with Crippen LogP contribution in [0.25, 0.3) is 11.4 Å². The minimum Gasteiger partial charge on any atom is -0.494 e. The Labute approximate surface area is 185 Å². The fourth-order valence-electron chi connectivity index (χ4n) is 2.81. The first-order chi connectivity index (χ1) is 15.0. The van der Waals surface area contributed by atoms with Gasteiger partial charge in [-0.2, -0.15) is 0 Å². The lowest BCUT2D eigenvalue weighted by atomic mass is 10.2. The van der Waals surface area contributed by atoms with Crippen molar-refractivity contribution in [2.24, 2.45) is 7.05 Å². The SMILES string of the molecule is CCOc1ccc(NC(=O)CSc2nnc(-c3cccc(NC(=O)CC)c3)n2C)cc1. The number of anilines is 2. The first-order valence-corrected chi connectivity index (χ1v) is 10.9. The van der Waals surface area contributed by atoms with E-state index in [0.29, 0.717) is 35.4 Å². The number of amides is 2. The molecule has 1 heterocycles. The van der Waals surface area contributed by atoms with Crippen molar-refractivity contribution in [3.8, 4) is 17.1 Å². The number of rotatable bonds is 9. The van der Waals surface area contributed by atoms with E-state index in [-0.39, 0.29) is 17.6 Å². The van der Waals surface area contributed by atoms with Gasteiger partial charge in [-0.05, 0) is 43.3 Å². The van der Waals surface area contributed by atoms with Crippen molar-refractivity contribution in [2.75, 3.05) is 23.0 Å². The summed E-state index contributed by atoms with van der Waals surface area (Å²) in [6, 6.07) is 14.7. The molecule has 2 N–H and O–H groups in total. The number of ether oxygens (including phenoxy) is 1. The lowest BCUT2D eigenvalue weighted by Gasteiger charge is -2.08. The maximum Gasteiger partial charge on any atom is 0.234 e. The van der Waals surface area contributed by atoms with Crippen LogP contribution in [-0.4, -0.2) is 38.9 Å². The summed E-state index contributed by atoms with van der Waals surface area (Å²) in [5.74, 6) is 1.43. The van der Waals surface area contributed by atoms with Crippen molar-refractivity contribution in [1.29, 1.82) is 0 Å². The number of nitrogens with one attached hydrogen (secondary N) is 2. The Morgan fingerprint density at radius 3 is 2.45 bits per heavy atom. The van der Waals surface area contributed by atoms with E-state index in [1.807, 2.05) is 54.9 Å². The smallest absolute Gasteiger partial charge is 0.234 e. The van der Waals surface area contributed by atoms with Crippen LogP contribution in [0.15, 0.2) is 53.7 Å². The fraction of sp³-hybridized carbons (Fsp3) is 0.273. The van der Waals surface area contributed by atoms with Gasteiger partial charge >= 0.3 is 0 Å². The van der Waals surface area contributed by atoms with Crippen molar-refractivity contribution in [1.82, 2.24) is 14.8 Å². The van der Waals surface area contributed by atoms with Gasteiger partial charge in [0.25, 0.3) is 0 Å². The van der Waals surface area contributed by atoms with Crippen LogP contribution in [0.5, 0.6) is 5.75 Å². The van der Waals surface area contributed by atoms with E-state index < -0.39 is 0 Å². The van der Waals surface area contributed by atoms with Crippen molar-refractivity contribution in [3.63, 3.8) is 0 Å². The van der Waals surface area contributed by atoms with Gasteiger partial charge in [0.1, 0.15) is 5.75 Å². The number of nitrogens with zero attached hydrogens (tertiary/aromatic N) is 3. The predicted molar refractivity (Wildman–Crippen MR) is 122 cm³/mol. The second-order valence-corrected chi connectivity index (χ2v) is 7.58. The second kappa shape index (κ2) is 10.6. The summed E-state index contributed by atoms with van der Waals surface area (Å²) in [4.78, 5) is 23.9. The third-order valence-corrected chi connectivity index (χ3v) is 5.36. The molecular formula is C22H25N5O3S. The van der Waals surface area contributed by atoms with Gasteiger partial charge in [0.2, 0.25) is 11.8 Å². The molecule has 0 saturated carbocycles. The van der Waals surface area contributed by atoms with Crippen LogP contribution in [0.1, 0.15) is 20.3 Å². The zero-order valence-corrected chi connectivity index (χ0v) is 18.5. The van der Waals surface area contributed by atoms with Gasteiger partial charge in [-0.15, -0.1) is 10.2 Å². The maximum atomic E-state index is 12.3. The van der Waals surface area contributed by atoms with E-state index in [4.69, 9.17) is 4.74 Å². The zero-order valence-electron chi connectivity index (χ0n) is 17.7. The maximum absolute atomic E-state index is 12.3. The summed E-state index contributed by atoms with van der Waals surface area (Å²) in [6.07, 6.45) is 0.410. The molecule has 0 fully saturated rings. The first kappa shape index (κ1) is 22.4. The highest BCUT2D eigenvalue weighted by Crippen LogP contribution is 2.25. The summed E-state index contributed by atoms with van der Waals surface area (Å²) in [5, 5.41) is 14.8. The number of hydrogen-bond acceptors (Lipinski definition) is 6. The highest BCUT2D eigenvalue weighted by Gasteiger charge is 2.14. The van der Waals surface area contributed by atoms with Gasteiger partial charge in [-0.1, -0.05) is 30.8 Å². The highest BCUT2D eigenvalue weighted by molar-refractivity contribution is 7.99. The van der Waals surface area contributed by atoms with Crippen molar-refractivity contribution >= 4 is 35.0 Å². The molecule has 0 aliphatic rings. The molecule has 3 rings (SSSR count). The molecule has 0 bridgehead atoms. The van der Waals surface area contributed by atoms with Crippen LogP contribution in [0, 0.1) is 0 Å². The quantitative estimate of drug-likeness (QED) is 0.490. The lowest BCUT2D eigenvalue weighted by Crippen LogP contribution is -2.14. The fourth-order valence-corrected chi connectivity index (χ4v) is 3.52. The number of aromatic nitrogens is 3. The minimum atomic E-state index is -0.136. The van der Waals surface area contributed by atoms with E-state index in [1.54, 1.807) is 19.1 Å². The molecule has 2 amide bonds. The van der Waals surface area contributed by atoms with Gasteiger partial charge < -0.3 is 19.9 Å².